The summed E-state index contributed by atoms with van der Waals surface area (Å²) in [6.45, 7) is 0.714. The zero-order valence-corrected chi connectivity index (χ0v) is 19.3. The number of H-pyrrole nitrogens is 1. The topological polar surface area (TPSA) is 96.7 Å². The quantitative estimate of drug-likeness (QED) is 0.375. The maximum absolute atomic E-state index is 13.3. The molecule has 1 aliphatic rings. The van der Waals surface area contributed by atoms with Gasteiger partial charge in [-0.3, -0.25) is 14.9 Å². The van der Waals surface area contributed by atoms with E-state index in [1.165, 1.54) is 5.56 Å². The predicted molar refractivity (Wildman–Crippen MR) is 135 cm³/mol. The number of hydrogen-bond donors (Lipinski definition) is 3. The summed E-state index contributed by atoms with van der Waals surface area (Å²) >= 11 is 0. The van der Waals surface area contributed by atoms with Crippen molar-refractivity contribution in [1.82, 2.24) is 20.5 Å². The van der Waals surface area contributed by atoms with Crippen LogP contribution in [0.5, 0.6) is 0 Å². The Morgan fingerprint density at radius 2 is 1.82 bits per heavy atom. The summed E-state index contributed by atoms with van der Waals surface area (Å²) in [4.78, 5) is 17.9. The summed E-state index contributed by atoms with van der Waals surface area (Å²) in [5.41, 5.74) is 11.0. The molecule has 2 aromatic heterocycles. The second kappa shape index (κ2) is 10.2. The first-order chi connectivity index (χ1) is 16.7. The zero-order chi connectivity index (χ0) is 23.3. The number of amides is 1. The molecule has 0 spiro atoms. The average Bonchev–Trinajstić information content (AvgIpc) is 3.37. The third-order valence-corrected chi connectivity index (χ3v) is 7.06. The van der Waals surface area contributed by atoms with Crippen LogP contribution in [0, 0.1) is 11.8 Å². The van der Waals surface area contributed by atoms with E-state index in [0.717, 1.165) is 53.4 Å². The Morgan fingerprint density at radius 1 is 1.03 bits per heavy atom. The molecular weight excluding hydrogens is 422 g/mol. The van der Waals surface area contributed by atoms with Gasteiger partial charge in [0.05, 0.1) is 23.4 Å². The van der Waals surface area contributed by atoms with Crippen molar-refractivity contribution >= 4 is 16.8 Å². The van der Waals surface area contributed by atoms with Crippen molar-refractivity contribution in [3.8, 4) is 11.1 Å². The fourth-order valence-electron chi connectivity index (χ4n) is 4.96. The van der Waals surface area contributed by atoms with Crippen molar-refractivity contribution in [3.05, 3.63) is 84.3 Å². The first-order valence-corrected chi connectivity index (χ1v) is 12.1. The fraction of sp³-hybridized carbons (Fsp3) is 0.321. The van der Waals surface area contributed by atoms with Crippen molar-refractivity contribution in [2.45, 2.75) is 38.1 Å². The van der Waals surface area contributed by atoms with Gasteiger partial charge in [-0.1, -0.05) is 42.5 Å². The van der Waals surface area contributed by atoms with E-state index in [9.17, 15) is 4.79 Å². The maximum atomic E-state index is 13.3. The molecule has 4 N–H and O–H groups in total. The number of aromatic amines is 1. The van der Waals surface area contributed by atoms with E-state index >= 15 is 0 Å². The van der Waals surface area contributed by atoms with E-state index in [-0.39, 0.29) is 17.9 Å². The average molecular weight is 454 g/mol. The van der Waals surface area contributed by atoms with Gasteiger partial charge in [-0.2, -0.15) is 5.10 Å². The summed E-state index contributed by atoms with van der Waals surface area (Å²) in [7, 11) is 0. The number of pyridine rings is 1. The lowest BCUT2D eigenvalue weighted by atomic mass is 9.81. The fourth-order valence-corrected chi connectivity index (χ4v) is 4.96. The summed E-state index contributed by atoms with van der Waals surface area (Å²) in [6.07, 6.45) is 8.22. The van der Waals surface area contributed by atoms with Gasteiger partial charge in [-0.05, 0) is 79.5 Å². The monoisotopic (exact) mass is 453 g/mol. The molecule has 4 aromatic rings. The SMILES string of the molecule is NCC1CCC(C(=O)NC(Cc2ccccc2)c2cc(-c3ccc4cn[nH]c4c3)ccn2)CC1. The molecule has 0 radical (unpaired) electrons. The molecular formula is C28H31N5O. The maximum Gasteiger partial charge on any atom is 0.223 e. The van der Waals surface area contributed by atoms with Gasteiger partial charge in [0, 0.05) is 17.5 Å². The van der Waals surface area contributed by atoms with E-state index in [1.807, 2.05) is 36.7 Å². The molecule has 1 fully saturated rings. The van der Waals surface area contributed by atoms with E-state index in [4.69, 9.17) is 5.73 Å². The number of hydrogen-bond acceptors (Lipinski definition) is 4. The molecule has 1 amide bonds. The predicted octanol–water partition coefficient (Wildman–Crippen LogP) is 4.79. The van der Waals surface area contributed by atoms with Gasteiger partial charge in [0.25, 0.3) is 0 Å². The Labute approximate surface area is 200 Å². The standard InChI is InChI=1S/C28H31N5O/c29-17-20-6-8-21(9-7-20)28(34)32-27(14-19-4-2-1-3-5-19)26-16-23(12-13-30-26)22-10-11-24-18-31-33-25(24)15-22/h1-5,10-13,15-16,18,20-21,27H,6-9,14,17,29H2,(H,31,33)(H,32,34). The molecule has 1 saturated carbocycles. The normalized spacial score (nSPS) is 19.1. The van der Waals surface area contributed by atoms with Crippen molar-refractivity contribution < 1.29 is 4.79 Å². The van der Waals surface area contributed by atoms with Gasteiger partial charge in [0.15, 0.2) is 0 Å². The largest absolute Gasteiger partial charge is 0.347 e. The van der Waals surface area contributed by atoms with Crippen molar-refractivity contribution in [1.29, 1.82) is 0 Å². The van der Waals surface area contributed by atoms with Gasteiger partial charge < -0.3 is 11.1 Å². The molecule has 1 unspecified atom stereocenters. The molecule has 6 heteroatoms. The van der Waals surface area contributed by atoms with Crippen LogP contribution >= 0.6 is 0 Å². The minimum absolute atomic E-state index is 0.0482. The molecule has 34 heavy (non-hydrogen) atoms. The molecule has 2 heterocycles. The lowest BCUT2D eigenvalue weighted by molar-refractivity contribution is -0.127. The second-order valence-corrected chi connectivity index (χ2v) is 9.35. The molecule has 0 aliphatic heterocycles. The Kier molecular flexibility index (Phi) is 6.67. The van der Waals surface area contributed by atoms with Crippen LogP contribution in [-0.4, -0.2) is 27.6 Å². The summed E-state index contributed by atoms with van der Waals surface area (Å²) in [6, 6.07) is 20.4. The highest BCUT2D eigenvalue weighted by atomic mass is 16.1. The lowest BCUT2D eigenvalue weighted by Gasteiger charge is -2.28. The van der Waals surface area contributed by atoms with Crippen LogP contribution in [0.4, 0.5) is 0 Å². The zero-order valence-electron chi connectivity index (χ0n) is 19.3. The molecule has 5 rings (SSSR count). The van der Waals surface area contributed by atoms with Crippen LogP contribution in [0.25, 0.3) is 22.0 Å². The third kappa shape index (κ3) is 5.02. The van der Waals surface area contributed by atoms with Gasteiger partial charge in [0.2, 0.25) is 5.91 Å². The van der Waals surface area contributed by atoms with Crippen LogP contribution in [0.2, 0.25) is 0 Å². The summed E-state index contributed by atoms with van der Waals surface area (Å²) < 4.78 is 0. The summed E-state index contributed by atoms with van der Waals surface area (Å²) in [5.74, 6) is 0.726. The van der Waals surface area contributed by atoms with Crippen molar-refractivity contribution in [2.75, 3.05) is 6.54 Å². The minimum Gasteiger partial charge on any atom is -0.347 e. The van der Waals surface area contributed by atoms with E-state index in [0.29, 0.717) is 18.9 Å². The number of rotatable bonds is 7. The Bertz CT molecular complexity index is 1240. The molecule has 174 valence electrons. The molecule has 2 aromatic carbocycles. The smallest absolute Gasteiger partial charge is 0.223 e. The third-order valence-electron chi connectivity index (χ3n) is 7.06. The highest BCUT2D eigenvalue weighted by Crippen LogP contribution is 2.30. The lowest BCUT2D eigenvalue weighted by Crippen LogP contribution is -2.37. The molecule has 1 aliphatic carbocycles. The van der Waals surface area contributed by atoms with E-state index < -0.39 is 0 Å². The van der Waals surface area contributed by atoms with E-state index in [1.54, 1.807) is 0 Å². The number of benzene rings is 2. The highest BCUT2D eigenvalue weighted by molar-refractivity contribution is 5.84. The van der Waals surface area contributed by atoms with Crippen LogP contribution < -0.4 is 11.1 Å². The van der Waals surface area contributed by atoms with E-state index in [2.05, 4.69) is 56.9 Å². The van der Waals surface area contributed by atoms with Crippen LogP contribution in [0.15, 0.2) is 73.1 Å². The number of nitrogens with two attached hydrogens (primary N) is 1. The van der Waals surface area contributed by atoms with Crippen molar-refractivity contribution in [2.24, 2.45) is 17.6 Å². The first kappa shape index (κ1) is 22.3. The Morgan fingerprint density at radius 3 is 2.62 bits per heavy atom. The van der Waals surface area contributed by atoms with Gasteiger partial charge in [-0.15, -0.1) is 0 Å². The minimum atomic E-state index is -0.196. The number of carbonyl (C=O) groups excluding carboxylic acids is 1. The van der Waals surface area contributed by atoms with Gasteiger partial charge in [-0.25, -0.2) is 0 Å². The highest BCUT2D eigenvalue weighted by Gasteiger charge is 2.28. The number of aromatic nitrogens is 3. The summed E-state index contributed by atoms with van der Waals surface area (Å²) in [5, 5.41) is 11.6. The molecule has 0 bridgehead atoms. The molecule has 6 nitrogen and oxygen atoms in total. The number of carbonyl (C=O) groups is 1. The van der Waals surface area contributed by atoms with Crippen LogP contribution in [0.1, 0.15) is 43.0 Å². The van der Waals surface area contributed by atoms with Gasteiger partial charge in [0.1, 0.15) is 0 Å². The number of fused-ring (bicyclic) bond motifs is 1. The van der Waals surface area contributed by atoms with Crippen LogP contribution in [0.3, 0.4) is 0 Å². The number of nitrogens with one attached hydrogen (secondary N) is 2. The van der Waals surface area contributed by atoms with Gasteiger partial charge >= 0.3 is 0 Å². The molecule has 0 saturated heterocycles. The Balaban J connectivity index is 1.40. The second-order valence-electron chi connectivity index (χ2n) is 9.35. The van der Waals surface area contributed by atoms with Crippen molar-refractivity contribution in [3.63, 3.8) is 0 Å². The first-order valence-electron chi connectivity index (χ1n) is 12.1. The Hall–Kier alpha value is -3.51. The number of nitrogens with zero attached hydrogens (tertiary/aromatic N) is 2. The van der Waals surface area contributed by atoms with Crippen LogP contribution in [-0.2, 0) is 11.2 Å². The molecule has 1 atom stereocenters.